The molecular weight excluding hydrogens is 114 g/mol. The molecule has 1 rings (SSSR count). The largest absolute Gasteiger partial charge is 0.293 e. The Morgan fingerprint density at radius 3 is 1.89 bits per heavy atom. The summed E-state index contributed by atoms with van der Waals surface area (Å²) >= 11 is 0. The van der Waals surface area contributed by atoms with E-state index in [0.29, 0.717) is 0 Å². The van der Waals surface area contributed by atoms with E-state index < -0.39 is 0 Å². The minimum atomic E-state index is 0.000417. The Morgan fingerprint density at radius 1 is 1.22 bits per heavy atom. The summed E-state index contributed by atoms with van der Waals surface area (Å²) in [5.41, 5.74) is 0.000417. The highest BCUT2D eigenvalue weighted by atomic mass is 16.7. The summed E-state index contributed by atoms with van der Waals surface area (Å²) in [6, 6.07) is 0. The van der Waals surface area contributed by atoms with Gasteiger partial charge in [-0.1, -0.05) is 0 Å². The van der Waals surface area contributed by atoms with Gasteiger partial charge >= 0.3 is 0 Å². The standard InChI is InChI=1S/C7H15NO/c1-7(2,3)9-8-5-4-6-8/h4-6H2,1-3H3. The fraction of sp³-hybridized carbons (Fsp3) is 1.00. The van der Waals surface area contributed by atoms with Gasteiger partial charge in [0.2, 0.25) is 0 Å². The lowest BCUT2D eigenvalue weighted by atomic mass is 10.2. The maximum Gasteiger partial charge on any atom is 0.0815 e. The Labute approximate surface area is 56.8 Å². The fourth-order valence-electron chi connectivity index (χ4n) is 0.766. The van der Waals surface area contributed by atoms with Gasteiger partial charge in [-0.3, -0.25) is 4.84 Å². The average molecular weight is 129 g/mol. The summed E-state index contributed by atoms with van der Waals surface area (Å²) in [6.07, 6.45) is 1.29. The molecule has 9 heavy (non-hydrogen) atoms. The lowest BCUT2D eigenvalue weighted by molar-refractivity contribution is -0.257. The lowest BCUT2D eigenvalue weighted by Crippen LogP contribution is -2.42. The first-order valence-corrected chi connectivity index (χ1v) is 3.52. The van der Waals surface area contributed by atoms with E-state index in [1.54, 1.807) is 0 Å². The first-order chi connectivity index (χ1) is 4.08. The maximum absolute atomic E-state index is 5.51. The SMILES string of the molecule is CC(C)(C)ON1CCC1. The summed E-state index contributed by atoms with van der Waals surface area (Å²) in [7, 11) is 0. The molecule has 0 unspecified atom stereocenters. The molecule has 1 saturated heterocycles. The van der Waals surface area contributed by atoms with E-state index in [2.05, 4.69) is 20.8 Å². The molecule has 1 heterocycles. The van der Waals surface area contributed by atoms with Crippen molar-refractivity contribution < 1.29 is 4.84 Å². The highest BCUT2D eigenvalue weighted by Gasteiger charge is 2.21. The molecule has 0 bridgehead atoms. The molecule has 1 aliphatic heterocycles. The van der Waals surface area contributed by atoms with Crippen molar-refractivity contribution in [2.75, 3.05) is 13.1 Å². The van der Waals surface area contributed by atoms with Gasteiger partial charge in [-0.25, -0.2) is 0 Å². The van der Waals surface area contributed by atoms with Gasteiger partial charge in [-0.05, 0) is 27.2 Å². The second-order valence-corrected chi connectivity index (χ2v) is 3.49. The van der Waals surface area contributed by atoms with Crippen molar-refractivity contribution in [1.29, 1.82) is 0 Å². The third-order valence-corrected chi connectivity index (χ3v) is 1.22. The number of hydrogen-bond donors (Lipinski definition) is 0. The molecule has 2 heteroatoms. The summed E-state index contributed by atoms with van der Waals surface area (Å²) in [5, 5.41) is 2.01. The van der Waals surface area contributed by atoms with E-state index in [4.69, 9.17) is 4.84 Å². The van der Waals surface area contributed by atoms with Crippen molar-refractivity contribution in [2.24, 2.45) is 0 Å². The summed E-state index contributed by atoms with van der Waals surface area (Å²) in [6.45, 7) is 8.44. The zero-order valence-electron chi connectivity index (χ0n) is 6.48. The second kappa shape index (κ2) is 2.27. The van der Waals surface area contributed by atoms with Crippen molar-refractivity contribution in [3.63, 3.8) is 0 Å². The van der Waals surface area contributed by atoms with E-state index >= 15 is 0 Å². The van der Waals surface area contributed by atoms with Crippen molar-refractivity contribution in [3.05, 3.63) is 0 Å². The van der Waals surface area contributed by atoms with Crippen LogP contribution in [0.1, 0.15) is 27.2 Å². The molecule has 0 aliphatic carbocycles. The maximum atomic E-state index is 5.51. The predicted molar refractivity (Wildman–Crippen MR) is 37.0 cm³/mol. The zero-order chi connectivity index (χ0) is 6.91. The van der Waals surface area contributed by atoms with Gasteiger partial charge in [-0.15, -0.1) is 0 Å². The van der Waals surface area contributed by atoms with Gasteiger partial charge in [0.1, 0.15) is 0 Å². The third-order valence-electron chi connectivity index (χ3n) is 1.22. The van der Waals surface area contributed by atoms with Crippen LogP contribution in [-0.4, -0.2) is 23.8 Å². The zero-order valence-corrected chi connectivity index (χ0v) is 6.48. The number of nitrogens with zero attached hydrogens (tertiary/aromatic N) is 1. The molecule has 0 aromatic heterocycles. The van der Waals surface area contributed by atoms with Crippen molar-refractivity contribution in [3.8, 4) is 0 Å². The van der Waals surface area contributed by atoms with Gasteiger partial charge in [0.15, 0.2) is 0 Å². The number of hydrogen-bond acceptors (Lipinski definition) is 2. The van der Waals surface area contributed by atoms with E-state index in [1.165, 1.54) is 6.42 Å². The molecule has 0 aromatic carbocycles. The predicted octanol–water partition coefficient (Wildman–Crippen LogP) is 1.42. The van der Waals surface area contributed by atoms with Crippen LogP contribution in [0, 0.1) is 0 Å². The Bertz CT molecular complexity index is 91.6. The van der Waals surface area contributed by atoms with Crippen LogP contribution < -0.4 is 0 Å². The molecule has 0 amide bonds. The quantitative estimate of drug-likeness (QED) is 0.531. The molecule has 0 spiro atoms. The van der Waals surface area contributed by atoms with Crippen molar-refractivity contribution in [1.82, 2.24) is 5.06 Å². The van der Waals surface area contributed by atoms with Crippen LogP contribution >= 0.6 is 0 Å². The Balaban J connectivity index is 2.16. The summed E-state index contributed by atoms with van der Waals surface area (Å²) < 4.78 is 0. The molecule has 0 atom stereocenters. The second-order valence-electron chi connectivity index (χ2n) is 3.49. The van der Waals surface area contributed by atoms with Gasteiger partial charge in [-0.2, -0.15) is 5.06 Å². The Kier molecular flexibility index (Phi) is 1.78. The van der Waals surface area contributed by atoms with Gasteiger partial charge < -0.3 is 0 Å². The molecule has 54 valence electrons. The van der Waals surface area contributed by atoms with Crippen molar-refractivity contribution in [2.45, 2.75) is 32.8 Å². The minimum absolute atomic E-state index is 0.000417. The molecule has 0 N–H and O–H groups in total. The first-order valence-electron chi connectivity index (χ1n) is 3.52. The van der Waals surface area contributed by atoms with E-state index in [1.807, 2.05) is 5.06 Å². The van der Waals surface area contributed by atoms with Crippen molar-refractivity contribution >= 4 is 0 Å². The molecule has 1 fully saturated rings. The van der Waals surface area contributed by atoms with E-state index in [9.17, 15) is 0 Å². The lowest BCUT2D eigenvalue weighted by Gasteiger charge is -2.35. The Morgan fingerprint density at radius 2 is 1.78 bits per heavy atom. The van der Waals surface area contributed by atoms with Crippen LogP contribution in [0.5, 0.6) is 0 Å². The number of hydroxylamine groups is 2. The summed E-state index contributed by atoms with van der Waals surface area (Å²) in [4.78, 5) is 5.51. The fourth-order valence-corrected chi connectivity index (χ4v) is 0.766. The van der Waals surface area contributed by atoms with Gasteiger partial charge in [0.25, 0.3) is 0 Å². The van der Waals surface area contributed by atoms with Crippen LogP contribution in [0.4, 0.5) is 0 Å². The van der Waals surface area contributed by atoms with Crippen LogP contribution in [0.2, 0.25) is 0 Å². The summed E-state index contributed by atoms with van der Waals surface area (Å²) in [5.74, 6) is 0. The van der Waals surface area contributed by atoms with Gasteiger partial charge in [0.05, 0.1) is 5.60 Å². The van der Waals surface area contributed by atoms with Crippen LogP contribution in [0.15, 0.2) is 0 Å². The molecule has 0 saturated carbocycles. The van der Waals surface area contributed by atoms with Crippen LogP contribution in [0.25, 0.3) is 0 Å². The normalized spacial score (nSPS) is 21.7. The van der Waals surface area contributed by atoms with Gasteiger partial charge in [0, 0.05) is 13.1 Å². The Hall–Kier alpha value is -0.0800. The van der Waals surface area contributed by atoms with Crippen LogP contribution in [0.3, 0.4) is 0 Å². The first kappa shape index (κ1) is 7.03. The average Bonchev–Trinajstić information content (AvgIpc) is 1.53. The minimum Gasteiger partial charge on any atom is -0.293 e. The third kappa shape index (κ3) is 2.33. The highest BCUT2D eigenvalue weighted by Crippen LogP contribution is 2.15. The highest BCUT2D eigenvalue weighted by molar-refractivity contribution is 4.64. The molecule has 0 radical (unpaired) electrons. The van der Waals surface area contributed by atoms with E-state index in [-0.39, 0.29) is 5.60 Å². The monoisotopic (exact) mass is 129 g/mol. The molecule has 0 aromatic rings. The molecule has 2 nitrogen and oxygen atoms in total. The van der Waals surface area contributed by atoms with Crippen LogP contribution in [-0.2, 0) is 4.84 Å². The number of rotatable bonds is 1. The molecule has 1 aliphatic rings. The molecular formula is C7H15NO. The smallest absolute Gasteiger partial charge is 0.0815 e. The topological polar surface area (TPSA) is 12.5 Å². The van der Waals surface area contributed by atoms with E-state index in [0.717, 1.165) is 13.1 Å².